The zero-order valence-corrected chi connectivity index (χ0v) is 19.9. The minimum atomic E-state index is -0.314. The van der Waals surface area contributed by atoms with E-state index in [2.05, 4.69) is 35.0 Å². The fourth-order valence-corrected chi connectivity index (χ4v) is 4.90. The van der Waals surface area contributed by atoms with Crippen LogP contribution >= 0.6 is 23.4 Å². The Hall–Kier alpha value is -2.96. The van der Waals surface area contributed by atoms with Gasteiger partial charge in [-0.25, -0.2) is 0 Å². The summed E-state index contributed by atoms with van der Waals surface area (Å²) in [5.41, 5.74) is 5.62. The molecule has 170 valence electrons. The van der Waals surface area contributed by atoms with Crippen LogP contribution in [0.25, 0.3) is 0 Å². The molecule has 3 aromatic carbocycles. The molecule has 4 rings (SSSR count). The minimum absolute atomic E-state index is 0.0833. The molecule has 33 heavy (non-hydrogen) atoms. The van der Waals surface area contributed by atoms with Crippen LogP contribution in [0.4, 0.5) is 11.4 Å². The number of anilines is 2. The second-order valence-electron chi connectivity index (χ2n) is 8.02. The van der Waals surface area contributed by atoms with Gasteiger partial charge in [0.05, 0.1) is 11.4 Å². The molecule has 0 saturated heterocycles. The predicted molar refractivity (Wildman–Crippen MR) is 137 cm³/mol. The van der Waals surface area contributed by atoms with E-state index in [1.807, 2.05) is 42.5 Å². The Morgan fingerprint density at radius 1 is 1.06 bits per heavy atom. The highest BCUT2D eigenvalue weighted by Gasteiger charge is 2.26. The maximum atomic E-state index is 12.6. The molecule has 0 spiro atoms. The molecule has 1 aliphatic rings. The third-order valence-electron chi connectivity index (χ3n) is 5.60. The van der Waals surface area contributed by atoms with Crippen molar-refractivity contribution in [1.29, 1.82) is 0 Å². The van der Waals surface area contributed by atoms with Gasteiger partial charge in [-0.05, 0) is 60.4 Å². The van der Waals surface area contributed by atoms with Gasteiger partial charge in [-0.3, -0.25) is 9.59 Å². The van der Waals surface area contributed by atoms with E-state index in [1.165, 1.54) is 11.1 Å². The van der Waals surface area contributed by atoms with Gasteiger partial charge in [0.2, 0.25) is 5.91 Å². The number of carbonyl (C=O) groups is 2. The summed E-state index contributed by atoms with van der Waals surface area (Å²) < 4.78 is 0. The van der Waals surface area contributed by atoms with E-state index < -0.39 is 0 Å². The van der Waals surface area contributed by atoms with Gasteiger partial charge in [-0.15, -0.1) is 0 Å². The molecule has 1 atom stereocenters. The molecule has 3 aromatic rings. The number of thioether (sulfide) groups is 1. The number of fused-ring (bicyclic) bond motifs is 1. The number of hydrogen-bond donors (Lipinski definition) is 3. The van der Waals surface area contributed by atoms with E-state index in [1.54, 1.807) is 23.9 Å². The van der Waals surface area contributed by atoms with Crippen molar-refractivity contribution in [1.82, 2.24) is 5.32 Å². The van der Waals surface area contributed by atoms with E-state index in [0.717, 1.165) is 17.0 Å². The number of hydrogen-bond acceptors (Lipinski definition) is 4. The Morgan fingerprint density at radius 3 is 2.64 bits per heavy atom. The Bertz CT molecular complexity index is 1150. The fourth-order valence-electron chi connectivity index (χ4n) is 3.64. The molecule has 0 aliphatic carbocycles. The summed E-state index contributed by atoms with van der Waals surface area (Å²) in [7, 11) is 0. The van der Waals surface area contributed by atoms with Crippen LogP contribution in [0.3, 0.4) is 0 Å². The zero-order chi connectivity index (χ0) is 23.2. The van der Waals surface area contributed by atoms with Gasteiger partial charge >= 0.3 is 0 Å². The van der Waals surface area contributed by atoms with E-state index >= 15 is 0 Å². The standard InChI is InChI=1S/C26H26ClN3O2S/c1-17-4-2-3-5-20(17)15-33-16-24-26(32)30-23-14-19(8-11-22(23)29-24)25(31)28-13-12-18-6-9-21(27)10-7-18/h2-11,14,24,29H,12-13,15-16H2,1H3,(H,28,31)(H,30,32). The molecule has 2 amide bonds. The average molecular weight is 480 g/mol. The summed E-state index contributed by atoms with van der Waals surface area (Å²) in [6.45, 7) is 2.62. The molecular weight excluding hydrogens is 454 g/mol. The lowest BCUT2D eigenvalue weighted by molar-refractivity contribution is -0.116. The SMILES string of the molecule is Cc1ccccc1CSCC1Nc2ccc(C(=O)NCCc3ccc(Cl)cc3)cc2NC1=O. The number of carbonyl (C=O) groups excluding carboxylic acids is 2. The normalized spacial score (nSPS) is 14.7. The largest absolute Gasteiger partial charge is 0.371 e. The van der Waals surface area contributed by atoms with Crippen molar-refractivity contribution in [3.8, 4) is 0 Å². The van der Waals surface area contributed by atoms with Gasteiger partial charge in [-0.2, -0.15) is 11.8 Å². The Kier molecular flexibility index (Phi) is 7.57. The van der Waals surface area contributed by atoms with Gasteiger partial charge in [0.15, 0.2) is 0 Å². The number of nitrogens with one attached hydrogen (secondary N) is 3. The van der Waals surface area contributed by atoms with Crippen LogP contribution in [0.1, 0.15) is 27.0 Å². The van der Waals surface area contributed by atoms with E-state index in [4.69, 9.17) is 11.6 Å². The van der Waals surface area contributed by atoms with E-state index in [9.17, 15) is 9.59 Å². The highest BCUT2D eigenvalue weighted by molar-refractivity contribution is 7.98. The first-order valence-corrected chi connectivity index (χ1v) is 12.4. The van der Waals surface area contributed by atoms with Gasteiger partial charge in [0.25, 0.3) is 5.91 Å². The van der Waals surface area contributed by atoms with E-state index in [-0.39, 0.29) is 17.9 Å². The highest BCUT2D eigenvalue weighted by atomic mass is 35.5. The Balaban J connectivity index is 1.30. The minimum Gasteiger partial charge on any atom is -0.371 e. The highest BCUT2D eigenvalue weighted by Crippen LogP contribution is 2.29. The molecule has 0 radical (unpaired) electrons. The third kappa shape index (κ3) is 6.09. The van der Waals surface area contributed by atoms with E-state index in [0.29, 0.717) is 35.0 Å². The maximum Gasteiger partial charge on any atom is 0.251 e. The summed E-state index contributed by atoms with van der Waals surface area (Å²) in [6.07, 6.45) is 0.716. The van der Waals surface area contributed by atoms with Gasteiger partial charge in [-0.1, -0.05) is 48.0 Å². The Labute approximate surface area is 203 Å². The first-order chi connectivity index (χ1) is 16.0. The van der Waals surface area contributed by atoms with Crippen molar-refractivity contribution in [2.45, 2.75) is 25.1 Å². The molecular formula is C26H26ClN3O2S. The first-order valence-electron chi connectivity index (χ1n) is 10.9. The topological polar surface area (TPSA) is 70.2 Å². The molecule has 3 N–H and O–H groups in total. The monoisotopic (exact) mass is 479 g/mol. The van der Waals surface area contributed by atoms with Crippen LogP contribution in [-0.4, -0.2) is 30.2 Å². The number of aryl methyl sites for hydroxylation is 1. The van der Waals surface area contributed by atoms with Crippen LogP contribution in [0.2, 0.25) is 5.02 Å². The molecule has 1 heterocycles. The smallest absolute Gasteiger partial charge is 0.251 e. The molecule has 5 nitrogen and oxygen atoms in total. The first kappa shape index (κ1) is 23.2. The molecule has 0 aromatic heterocycles. The predicted octanol–water partition coefficient (Wildman–Crippen LogP) is 5.29. The van der Waals surface area contributed by atoms with Crippen molar-refractivity contribution < 1.29 is 9.59 Å². The van der Waals surface area contributed by atoms with Crippen molar-refractivity contribution in [2.75, 3.05) is 22.9 Å². The van der Waals surface area contributed by atoms with Gasteiger partial charge < -0.3 is 16.0 Å². The third-order valence-corrected chi connectivity index (χ3v) is 6.94. The lowest BCUT2D eigenvalue weighted by Crippen LogP contribution is -2.40. The molecule has 0 saturated carbocycles. The van der Waals surface area contributed by atoms with Crippen LogP contribution in [0, 0.1) is 6.92 Å². The summed E-state index contributed by atoms with van der Waals surface area (Å²) >= 11 is 7.63. The van der Waals surface area contributed by atoms with Gasteiger partial charge in [0, 0.05) is 28.6 Å². The Morgan fingerprint density at radius 2 is 1.85 bits per heavy atom. The van der Waals surface area contributed by atoms with Crippen LogP contribution in [0.5, 0.6) is 0 Å². The molecule has 1 unspecified atom stereocenters. The second-order valence-corrected chi connectivity index (χ2v) is 9.49. The van der Waals surface area contributed by atoms with Crippen LogP contribution in [-0.2, 0) is 17.0 Å². The quantitative estimate of drug-likeness (QED) is 0.410. The van der Waals surface area contributed by atoms with Crippen LogP contribution in [0.15, 0.2) is 66.7 Å². The molecule has 0 fully saturated rings. The summed E-state index contributed by atoms with van der Waals surface area (Å²) in [6, 6.07) is 20.9. The zero-order valence-electron chi connectivity index (χ0n) is 18.4. The summed E-state index contributed by atoms with van der Waals surface area (Å²) in [5.74, 6) is 1.27. The molecule has 0 bridgehead atoms. The number of halogens is 1. The second kappa shape index (κ2) is 10.8. The maximum absolute atomic E-state index is 12.6. The molecule has 7 heteroatoms. The van der Waals surface area contributed by atoms with Crippen LogP contribution < -0.4 is 16.0 Å². The van der Waals surface area contributed by atoms with Gasteiger partial charge in [0.1, 0.15) is 6.04 Å². The fraction of sp³-hybridized carbons (Fsp3) is 0.231. The van der Waals surface area contributed by atoms with Crippen molar-refractivity contribution in [3.63, 3.8) is 0 Å². The molecule has 1 aliphatic heterocycles. The number of rotatable bonds is 8. The van der Waals surface area contributed by atoms with Crippen molar-refractivity contribution in [2.24, 2.45) is 0 Å². The summed E-state index contributed by atoms with van der Waals surface area (Å²) in [5, 5.41) is 9.88. The number of benzene rings is 3. The lowest BCUT2D eigenvalue weighted by Gasteiger charge is -2.27. The van der Waals surface area contributed by atoms with Crippen molar-refractivity contribution >= 4 is 46.6 Å². The number of amides is 2. The summed E-state index contributed by atoms with van der Waals surface area (Å²) in [4.78, 5) is 25.2. The average Bonchev–Trinajstić information content (AvgIpc) is 2.81. The lowest BCUT2D eigenvalue weighted by atomic mass is 10.1. The van der Waals surface area contributed by atoms with Crippen molar-refractivity contribution in [3.05, 3.63) is 94.0 Å².